The molecule has 0 bridgehead atoms. The number of ether oxygens (including phenoxy) is 3. The van der Waals surface area contributed by atoms with Crippen LogP contribution >= 0.6 is 0 Å². The van der Waals surface area contributed by atoms with Gasteiger partial charge in [-0.1, -0.05) is 0 Å². The molecule has 2 fully saturated rings. The molecule has 14 nitrogen and oxygen atoms in total. The molecule has 0 saturated carbocycles. The first kappa shape index (κ1) is 22.9. The number of rotatable bonds is 4. The average Bonchev–Trinajstić information content (AvgIpc) is 2.62. The Labute approximate surface area is 146 Å². The zero-order valence-electron chi connectivity index (χ0n) is 13.3. The minimum Gasteiger partial charge on any atom is -0.394 e. The monoisotopic (exact) mass is 384 g/mol. The highest BCUT2D eigenvalue weighted by molar-refractivity contribution is 4.93. The zero-order chi connectivity index (χ0) is 20.0. The lowest BCUT2D eigenvalue weighted by molar-refractivity contribution is -0.355. The zero-order valence-corrected chi connectivity index (χ0v) is 13.3. The van der Waals surface area contributed by atoms with Gasteiger partial charge in [0.1, 0.15) is 48.8 Å². The highest BCUT2D eigenvalue weighted by Gasteiger charge is 2.50. The van der Waals surface area contributed by atoms with E-state index in [0.29, 0.717) is 0 Å². The second-order valence-corrected chi connectivity index (χ2v) is 5.62. The van der Waals surface area contributed by atoms with Crippen LogP contribution < -0.4 is 0 Å². The maximum Gasteiger partial charge on any atom is 0.187 e. The second kappa shape index (κ2) is 10.3. The standard InChI is InChI=1S/C12H22O11.N3/c13-1-3-5(15)6(16)9(19)12(22-3)23-10-4(2-14)21-11(20)8(18)7(10)17;1-3-2/h3-20H,1-2H2;/q;-1/t3-,4-,5-,6+,7-,8-,9-,10-,11-,12-;/m1./s1. The number of hydrogen-bond donors (Lipinski definition) is 8. The summed E-state index contributed by atoms with van der Waals surface area (Å²) in [4.78, 5) is 1.50. The van der Waals surface area contributed by atoms with Crippen molar-refractivity contribution in [3.05, 3.63) is 16.0 Å². The Morgan fingerprint density at radius 3 is 1.77 bits per heavy atom. The smallest absolute Gasteiger partial charge is 0.187 e. The Kier molecular flexibility index (Phi) is 9.05. The molecule has 0 aliphatic carbocycles. The fraction of sp³-hybridized carbons (Fsp3) is 1.00. The van der Waals surface area contributed by atoms with Crippen LogP contribution in [0.2, 0.25) is 0 Å². The van der Waals surface area contributed by atoms with E-state index < -0.39 is 74.6 Å². The van der Waals surface area contributed by atoms with Crippen molar-refractivity contribution in [2.75, 3.05) is 13.2 Å². The van der Waals surface area contributed by atoms with E-state index >= 15 is 0 Å². The van der Waals surface area contributed by atoms with Crippen molar-refractivity contribution < 1.29 is 55.1 Å². The van der Waals surface area contributed by atoms with Crippen LogP contribution in [-0.4, -0.2) is 115 Å². The van der Waals surface area contributed by atoms with Gasteiger partial charge in [0.05, 0.1) is 13.2 Å². The van der Waals surface area contributed by atoms with Crippen LogP contribution in [0.15, 0.2) is 0 Å². The summed E-state index contributed by atoms with van der Waals surface area (Å²) in [5.74, 6) is 0. The summed E-state index contributed by atoms with van der Waals surface area (Å²) in [6.07, 6.45) is -15.6. The van der Waals surface area contributed by atoms with Gasteiger partial charge in [-0.3, -0.25) is 4.91 Å². The Bertz CT molecular complexity index is 462. The minimum atomic E-state index is -1.74. The fourth-order valence-corrected chi connectivity index (χ4v) is 2.57. The first-order chi connectivity index (χ1) is 12.2. The van der Waals surface area contributed by atoms with Gasteiger partial charge in [-0.05, 0) is 0 Å². The molecule has 2 heterocycles. The van der Waals surface area contributed by atoms with Crippen molar-refractivity contribution in [2.45, 2.75) is 61.4 Å². The Morgan fingerprint density at radius 1 is 0.731 bits per heavy atom. The summed E-state index contributed by atoms with van der Waals surface area (Å²) in [6.45, 7) is -1.35. The predicted molar refractivity (Wildman–Crippen MR) is 78.7 cm³/mol. The van der Waals surface area contributed by atoms with Crippen LogP contribution in [0.3, 0.4) is 0 Å². The molecule has 152 valence electrons. The molecular formula is C12H22N3O11-. The van der Waals surface area contributed by atoms with E-state index in [1.165, 1.54) is 4.91 Å². The molecule has 0 aromatic rings. The lowest BCUT2D eigenvalue weighted by Crippen LogP contribution is -2.64. The van der Waals surface area contributed by atoms with Gasteiger partial charge in [0, 0.05) is 0 Å². The number of hydrogen-bond acceptors (Lipinski definition) is 11. The molecule has 0 aromatic heterocycles. The van der Waals surface area contributed by atoms with E-state index in [-0.39, 0.29) is 0 Å². The van der Waals surface area contributed by atoms with E-state index in [4.69, 9.17) is 30.4 Å². The predicted octanol–water partition coefficient (Wildman–Crippen LogP) is -4.53. The molecule has 0 spiro atoms. The van der Waals surface area contributed by atoms with Gasteiger partial charge in [-0.2, -0.15) is 0 Å². The minimum absolute atomic E-state index is 0.667. The third kappa shape index (κ3) is 4.98. The molecule has 14 heteroatoms. The fourth-order valence-electron chi connectivity index (χ4n) is 2.57. The van der Waals surface area contributed by atoms with Gasteiger partial charge >= 0.3 is 0 Å². The Hall–Kier alpha value is -1.13. The van der Waals surface area contributed by atoms with Crippen molar-refractivity contribution in [3.63, 3.8) is 0 Å². The van der Waals surface area contributed by atoms with Crippen LogP contribution in [0.4, 0.5) is 0 Å². The summed E-state index contributed by atoms with van der Waals surface area (Å²) < 4.78 is 15.3. The first-order valence-corrected chi connectivity index (χ1v) is 7.48. The summed E-state index contributed by atoms with van der Waals surface area (Å²) in [6, 6.07) is 0. The Balaban J connectivity index is 0.00000105. The van der Waals surface area contributed by atoms with Crippen LogP contribution in [0.1, 0.15) is 0 Å². The molecular weight excluding hydrogens is 362 g/mol. The SMILES string of the molecule is OC[C@H]1O[C@H](O[C@H]2[C@H](O)[C@@H](O)[C@H](O)O[C@@H]2CO)[C@H](O)[C@@H](O)[C@@H]1O.[N-]=[N+]=[N-]. The number of nitrogens with zero attached hydrogens (tertiary/aromatic N) is 3. The van der Waals surface area contributed by atoms with Gasteiger partial charge in [0.25, 0.3) is 0 Å². The highest BCUT2D eigenvalue weighted by atomic mass is 16.7. The summed E-state index contributed by atoms with van der Waals surface area (Å²) in [7, 11) is 0. The van der Waals surface area contributed by atoms with E-state index in [1.54, 1.807) is 0 Å². The summed E-state index contributed by atoms with van der Waals surface area (Å²) in [5, 5.41) is 76.5. The van der Waals surface area contributed by atoms with Crippen LogP contribution in [-0.2, 0) is 14.2 Å². The molecule has 2 aliphatic rings. The van der Waals surface area contributed by atoms with Crippen LogP contribution in [0, 0.1) is 0 Å². The lowest BCUT2D eigenvalue weighted by atomic mass is 9.97. The van der Waals surface area contributed by atoms with Gasteiger partial charge in [0.15, 0.2) is 12.6 Å². The van der Waals surface area contributed by atoms with E-state index in [0.717, 1.165) is 0 Å². The van der Waals surface area contributed by atoms with E-state index in [2.05, 4.69) is 0 Å². The van der Waals surface area contributed by atoms with Crippen LogP contribution in [0.25, 0.3) is 16.0 Å². The molecule has 2 rings (SSSR count). The molecule has 2 saturated heterocycles. The highest BCUT2D eigenvalue weighted by Crippen LogP contribution is 2.28. The van der Waals surface area contributed by atoms with E-state index in [1.807, 2.05) is 0 Å². The molecule has 0 amide bonds. The first-order valence-electron chi connectivity index (χ1n) is 7.48. The van der Waals surface area contributed by atoms with Crippen molar-refractivity contribution in [1.82, 2.24) is 0 Å². The second-order valence-electron chi connectivity index (χ2n) is 5.62. The Morgan fingerprint density at radius 2 is 1.27 bits per heavy atom. The maximum atomic E-state index is 9.94. The molecule has 8 N–H and O–H groups in total. The largest absolute Gasteiger partial charge is 0.394 e. The van der Waals surface area contributed by atoms with Crippen molar-refractivity contribution in [2.24, 2.45) is 0 Å². The van der Waals surface area contributed by atoms with Gasteiger partial charge in [0.2, 0.25) is 0 Å². The molecule has 0 aromatic carbocycles. The third-order valence-electron chi connectivity index (χ3n) is 3.98. The van der Waals surface area contributed by atoms with Crippen molar-refractivity contribution >= 4 is 0 Å². The normalized spacial score (nSPS) is 46.0. The van der Waals surface area contributed by atoms with Gasteiger partial charge in [-0.25, -0.2) is 0 Å². The molecule has 10 atom stereocenters. The molecule has 2 aliphatic heterocycles. The lowest BCUT2D eigenvalue weighted by Gasteiger charge is -2.45. The van der Waals surface area contributed by atoms with Gasteiger partial charge in [-0.15, -0.1) is 0 Å². The molecule has 26 heavy (non-hydrogen) atoms. The van der Waals surface area contributed by atoms with Gasteiger partial charge < -0.3 is 66.1 Å². The average molecular weight is 384 g/mol. The quantitative estimate of drug-likeness (QED) is 0.130. The van der Waals surface area contributed by atoms with E-state index in [9.17, 15) is 35.7 Å². The van der Waals surface area contributed by atoms with Crippen molar-refractivity contribution in [1.29, 1.82) is 0 Å². The molecule has 0 radical (unpaired) electrons. The maximum absolute atomic E-state index is 9.94. The number of aliphatic hydroxyl groups is 8. The topological polar surface area (TPSA) is 248 Å². The van der Waals surface area contributed by atoms with Crippen molar-refractivity contribution in [3.8, 4) is 0 Å². The summed E-state index contributed by atoms with van der Waals surface area (Å²) in [5.41, 5.74) is 13.5. The third-order valence-corrected chi connectivity index (χ3v) is 3.98. The summed E-state index contributed by atoms with van der Waals surface area (Å²) >= 11 is 0. The molecule has 0 unspecified atom stereocenters. The number of aliphatic hydroxyl groups excluding tert-OH is 8. The van der Waals surface area contributed by atoms with Crippen LogP contribution in [0.5, 0.6) is 0 Å².